The van der Waals surface area contributed by atoms with Crippen molar-refractivity contribution in [2.45, 2.75) is 6.42 Å². The number of amides is 2. The predicted molar refractivity (Wildman–Crippen MR) is 55.9 cm³/mol. The van der Waals surface area contributed by atoms with Crippen molar-refractivity contribution in [1.82, 2.24) is 14.9 Å². The number of nitrogens with zero attached hydrogens (tertiary/aromatic N) is 2. The van der Waals surface area contributed by atoms with Gasteiger partial charge in [-0.05, 0) is 6.42 Å². The van der Waals surface area contributed by atoms with Gasteiger partial charge in [-0.15, -0.1) is 5.10 Å². The Kier molecular flexibility index (Phi) is 3.46. The Morgan fingerprint density at radius 3 is 3.33 bits per heavy atom. The third-order valence-corrected chi connectivity index (χ3v) is 2.75. The molecular weight excluding hydrogens is 216 g/mol. The van der Waals surface area contributed by atoms with Crippen molar-refractivity contribution in [1.29, 1.82) is 0 Å². The smallest absolute Gasteiger partial charge is 0.319 e. The third-order valence-electron chi connectivity index (χ3n) is 2.17. The van der Waals surface area contributed by atoms with E-state index in [1.807, 2.05) is 0 Å². The van der Waals surface area contributed by atoms with Crippen molar-refractivity contribution in [2.75, 3.05) is 25.1 Å². The zero-order valence-corrected chi connectivity index (χ0v) is 8.92. The second-order valence-corrected chi connectivity index (χ2v) is 4.13. The third kappa shape index (κ3) is 3.14. The highest BCUT2D eigenvalue weighted by atomic mass is 32.1. The number of carbonyl (C=O) groups is 1. The van der Waals surface area contributed by atoms with Gasteiger partial charge in [-0.1, -0.05) is 4.49 Å². The largest absolute Gasteiger partial charge is 0.381 e. The maximum atomic E-state index is 11.4. The van der Waals surface area contributed by atoms with Crippen LogP contribution < -0.4 is 10.6 Å². The highest BCUT2D eigenvalue weighted by Crippen LogP contribution is 2.11. The fourth-order valence-electron chi connectivity index (χ4n) is 1.36. The highest BCUT2D eigenvalue weighted by Gasteiger charge is 2.16. The topological polar surface area (TPSA) is 76.1 Å². The van der Waals surface area contributed by atoms with Gasteiger partial charge >= 0.3 is 6.03 Å². The summed E-state index contributed by atoms with van der Waals surface area (Å²) >= 11 is 1.15. The summed E-state index contributed by atoms with van der Waals surface area (Å²) < 4.78 is 8.85. The van der Waals surface area contributed by atoms with E-state index in [-0.39, 0.29) is 6.03 Å². The van der Waals surface area contributed by atoms with Crippen LogP contribution in [0.1, 0.15) is 6.42 Å². The summed E-state index contributed by atoms with van der Waals surface area (Å²) in [4.78, 5) is 11.4. The molecule has 1 aliphatic heterocycles. The van der Waals surface area contributed by atoms with Crippen LogP contribution in [0, 0.1) is 5.92 Å². The van der Waals surface area contributed by atoms with Crippen molar-refractivity contribution in [2.24, 2.45) is 5.92 Å². The van der Waals surface area contributed by atoms with Crippen molar-refractivity contribution in [3.8, 4) is 0 Å². The average Bonchev–Trinajstić information content (AvgIpc) is 2.86. The van der Waals surface area contributed by atoms with Gasteiger partial charge in [-0.3, -0.25) is 5.32 Å². The number of hydrogen-bond donors (Lipinski definition) is 2. The van der Waals surface area contributed by atoms with Crippen LogP contribution in [0.3, 0.4) is 0 Å². The van der Waals surface area contributed by atoms with Crippen molar-refractivity contribution >= 4 is 22.6 Å². The van der Waals surface area contributed by atoms with E-state index in [2.05, 4.69) is 20.2 Å². The molecule has 82 valence electrons. The molecule has 15 heavy (non-hydrogen) atoms. The molecule has 2 rings (SSSR count). The lowest BCUT2D eigenvalue weighted by Gasteiger charge is -2.09. The van der Waals surface area contributed by atoms with Gasteiger partial charge in [0.05, 0.1) is 12.8 Å². The Balaban J connectivity index is 1.68. The molecule has 1 fully saturated rings. The Morgan fingerprint density at radius 2 is 2.67 bits per heavy atom. The quantitative estimate of drug-likeness (QED) is 0.798. The fourth-order valence-corrected chi connectivity index (χ4v) is 1.77. The maximum Gasteiger partial charge on any atom is 0.319 e. The Bertz CT molecular complexity index is 310. The molecule has 6 nitrogen and oxygen atoms in total. The number of rotatable bonds is 3. The SMILES string of the molecule is O=C(NCC1CCOC1)Nc1cnns1. The van der Waals surface area contributed by atoms with Crippen LogP contribution >= 0.6 is 11.5 Å². The average molecular weight is 228 g/mol. The molecule has 7 heteroatoms. The van der Waals surface area contributed by atoms with Gasteiger partial charge in [0.2, 0.25) is 0 Å². The minimum Gasteiger partial charge on any atom is -0.381 e. The van der Waals surface area contributed by atoms with E-state index in [0.29, 0.717) is 17.5 Å². The molecule has 0 spiro atoms. The molecule has 2 heterocycles. The van der Waals surface area contributed by atoms with Gasteiger partial charge in [0.1, 0.15) is 5.00 Å². The molecule has 1 unspecified atom stereocenters. The van der Waals surface area contributed by atoms with E-state index < -0.39 is 0 Å². The zero-order valence-electron chi connectivity index (χ0n) is 8.10. The summed E-state index contributed by atoms with van der Waals surface area (Å²) in [5.41, 5.74) is 0. The van der Waals surface area contributed by atoms with Crippen LogP contribution in [0.25, 0.3) is 0 Å². The summed E-state index contributed by atoms with van der Waals surface area (Å²) in [7, 11) is 0. The van der Waals surface area contributed by atoms with Crippen LogP contribution in [0.15, 0.2) is 6.20 Å². The first-order chi connectivity index (χ1) is 7.34. The van der Waals surface area contributed by atoms with Gasteiger partial charge < -0.3 is 10.1 Å². The summed E-state index contributed by atoms with van der Waals surface area (Å²) in [6.45, 7) is 2.19. The molecule has 1 atom stereocenters. The highest BCUT2D eigenvalue weighted by molar-refractivity contribution is 7.10. The monoisotopic (exact) mass is 228 g/mol. The number of nitrogens with one attached hydrogen (secondary N) is 2. The second kappa shape index (κ2) is 5.04. The van der Waals surface area contributed by atoms with Crippen LogP contribution in [0.4, 0.5) is 9.80 Å². The van der Waals surface area contributed by atoms with Crippen molar-refractivity contribution < 1.29 is 9.53 Å². The van der Waals surface area contributed by atoms with Gasteiger partial charge in [0.15, 0.2) is 0 Å². The lowest BCUT2D eigenvalue weighted by Crippen LogP contribution is -2.33. The molecule has 0 radical (unpaired) electrons. The van der Waals surface area contributed by atoms with E-state index in [1.54, 1.807) is 0 Å². The minimum absolute atomic E-state index is 0.215. The first-order valence-electron chi connectivity index (χ1n) is 4.74. The molecule has 1 aromatic heterocycles. The molecule has 1 aromatic rings. The van der Waals surface area contributed by atoms with Gasteiger partial charge in [-0.25, -0.2) is 4.79 Å². The Labute approximate surface area is 91.2 Å². The lowest BCUT2D eigenvalue weighted by molar-refractivity contribution is 0.185. The number of aromatic nitrogens is 2. The molecule has 2 N–H and O–H groups in total. The molecule has 0 aromatic carbocycles. The lowest BCUT2D eigenvalue weighted by atomic mass is 10.1. The first-order valence-corrected chi connectivity index (χ1v) is 5.52. The van der Waals surface area contributed by atoms with Crippen molar-refractivity contribution in [3.63, 3.8) is 0 Å². The summed E-state index contributed by atoms with van der Waals surface area (Å²) in [5, 5.41) is 9.70. The number of hydrogen-bond acceptors (Lipinski definition) is 5. The molecule has 1 saturated heterocycles. The van der Waals surface area contributed by atoms with Crippen LogP contribution in [-0.2, 0) is 4.74 Å². The maximum absolute atomic E-state index is 11.4. The van der Waals surface area contributed by atoms with Gasteiger partial charge in [0, 0.05) is 30.6 Å². The number of urea groups is 1. The van der Waals surface area contributed by atoms with E-state index in [4.69, 9.17) is 4.74 Å². The van der Waals surface area contributed by atoms with Gasteiger partial charge in [-0.2, -0.15) is 0 Å². The number of anilines is 1. The molecule has 0 saturated carbocycles. The first kappa shape index (κ1) is 10.3. The van der Waals surface area contributed by atoms with Crippen molar-refractivity contribution in [3.05, 3.63) is 6.20 Å². The molecule has 2 amide bonds. The number of ether oxygens (including phenoxy) is 1. The Morgan fingerprint density at radius 1 is 1.73 bits per heavy atom. The second-order valence-electron chi connectivity index (χ2n) is 3.35. The Hall–Kier alpha value is -1.21. The molecular formula is C8H12N4O2S. The summed E-state index contributed by atoms with van der Waals surface area (Å²) in [6.07, 6.45) is 2.53. The van der Waals surface area contributed by atoms with E-state index in [9.17, 15) is 4.79 Å². The zero-order chi connectivity index (χ0) is 10.5. The number of carbonyl (C=O) groups excluding carboxylic acids is 1. The van der Waals surface area contributed by atoms with E-state index >= 15 is 0 Å². The molecule has 0 bridgehead atoms. The predicted octanol–water partition coefficient (Wildman–Crippen LogP) is 0.696. The van der Waals surface area contributed by atoms with Crippen LogP contribution in [0.2, 0.25) is 0 Å². The molecule has 1 aliphatic rings. The standard InChI is InChI=1S/C8H12N4O2S/c13-8(11-7-4-10-12-15-7)9-3-6-1-2-14-5-6/h4,6H,1-3,5H2,(H2,9,11,13). The van der Waals surface area contributed by atoms with Crippen LogP contribution in [-0.4, -0.2) is 35.4 Å². The normalized spacial score (nSPS) is 20.1. The van der Waals surface area contributed by atoms with E-state index in [1.165, 1.54) is 6.20 Å². The van der Waals surface area contributed by atoms with E-state index in [0.717, 1.165) is 31.2 Å². The summed E-state index contributed by atoms with van der Waals surface area (Å²) in [6, 6.07) is -0.215. The fraction of sp³-hybridized carbons (Fsp3) is 0.625. The van der Waals surface area contributed by atoms with Gasteiger partial charge in [0.25, 0.3) is 0 Å². The van der Waals surface area contributed by atoms with Crippen LogP contribution in [0.5, 0.6) is 0 Å². The minimum atomic E-state index is -0.215. The molecule has 0 aliphatic carbocycles. The summed E-state index contributed by atoms with van der Waals surface area (Å²) in [5.74, 6) is 0.440.